The second-order valence-electron chi connectivity index (χ2n) is 7.14. The molecule has 4 aromatic rings. The Morgan fingerprint density at radius 3 is 2.62 bits per heavy atom. The number of anilines is 1. The van der Waals surface area contributed by atoms with Crippen LogP contribution in [0.1, 0.15) is 12.5 Å². The number of allylic oxidation sites excluding steroid dienone is 3. The average molecular weight is 482 g/mol. The Bertz CT molecular complexity index is 1380. The van der Waals surface area contributed by atoms with Gasteiger partial charge >= 0.3 is 0 Å². The summed E-state index contributed by atoms with van der Waals surface area (Å²) in [6.45, 7) is 2.73. The highest BCUT2D eigenvalue weighted by atomic mass is 35.5. The second kappa shape index (κ2) is 8.50. The number of ether oxygens (including phenoxy) is 1. The summed E-state index contributed by atoms with van der Waals surface area (Å²) in [5.41, 5.74) is 5.44. The van der Waals surface area contributed by atoms with Crippen LogP contribution < -0.4 is 9.64 Å². The number of methoxy groups -OCH3 is 1. The lowest BCUT2D eigenvalue weighted by Crippen LogP contribution is -2.23. The maximum atomic E-state index is 6.11. The lowest BCUT2D eigenvalue weighted by Gasteiger charge is -2.25. The minimum atomic E-state index is 0.429. The van der Waals surface area contributed by atoms with E-state index in [9.17, 15) is 0 Å². The number of rotatable bonds is 4. The Labute approximate surface area is 198 Å². The van der Waals surface area contributed by atoms with E-state index in [2.05, 4.69) is 33.9 Å². The fourth-order valence-corrected chi connectivity index (χ4v) is 4.79. The topological polar surface area (TPSA) is 64.0 Å². The zero-order valence-corrected chi connectivity index (χ0v) is 19.5. The largest absolute Gasteiger partial charge is 0.494 e. The van der Waals surface area contributed by atoms with Gasteiger partial charge in [0.25, 0.3) is 0 Å². The van der Waals surface area contributed by atoms with E-state index in [0.717, 1.165) is 43.7 Å². The van der Waals surface area contributed by atoms with Crippen molar-refractivity contribution in [3.63, 3.8) is 0 Å². The monoisotopic (exact) mass is 481 g/mol. The number of pyridine rings is 3. The molecule has 0 saturated carbocycles. The van der Waals surface area contributed by atoms with Crippen LogP contribution in [0, 0.1) is 0 Å². The Morgan fingerprint density at radius 1 is 1.03 bits per heavy atom. The van der Waals surface area contributed by atoms with Gasteiger partial charge in [0.2, 0.25) is 0 Å². The van der Waals surface area contributed by atoms with Crippen molar-refractivity contribution in [1.29, 1.82) is 0 Å². The summed E-state index contributed by atoms with van der Waals surface area (Å²) in [5.74, 6) is 0.686. The molecule has 0 amide bonds. The first-order chi connectivity index (χ1) is 15.5. The first-order valence-corrected chi connectivity index (χ1v) is 11.3. The van der Waals surface area contributed by atoms with E-state index < -0.39 is 0 Å². The van der Waals surface area contributed by atoms with Gasteiger partial charge in [-0.1, -0.05) is 40.6 Å². The van der Waals surface area contributed by atoms with Gasteiger partial charge in [-0.2, -0.15) is 0 Å². The summed E-state index contributed by atoms with van der Waals surface area (Å²) in [7, 11) is 1.63. The zero-order valence-electron chi connectivity index (χ0n) is 17.2. The molecule has 0 N–H and O–H groups in total. The number of halogens is 2. The molecule has 0 saturated heterocycles. The van der Waals surface area contributed by atoms with Gasteiger partial charge in [0, 0.05) is 24.0 Å². The smallest absolute Gasteiger partial charge is 0.192 e. The molecule has 9 heteroatoms. The second-order valence-corrected chi connectivity index (χ2v) is 8.92. The van der Waals surface area contributed by atoms with E-state index >= 15 is 0 Å². The third kappa shape index (κ3) is 3.95. The molecule has 32 heavy (non-hydrogen) atoms. The third-order valence-electron chi connectivity index (χ3n) is 5.11. The van der Waals surface area contributed by atoms with Gasteiger partial charge in [-0.3, -0.25) is 4.98 Å². The van der Waals surface area contributed by atoms with Gasteiger partial charge < -0.3 is 9.64 Å². The van der Waals surface area contributed by atoms with Crippen LogP contribution in [0.4, 0.5) is 5.13 Å². The molecule has 1 aliphatic heterocycles. The normalized spacial score (nSPS) is 13.8. The van der Waals surface area contributed by atoms with Crippen molar-refractivity contribution >= 4 is 55.6 Å². The Morgan fingerprint density at radius 2 is 1.88 bits per heavy atom. The number of fused-ring (bicyclic) bond motifs is 1. The van der Waals surface area contributed by atoms with E-state index in [1.165, 1.54) is 0 Å². The third-order valence-corrected chi connectivity index (χ3v) is 6.53. The van der Waals surface area contributed by atoms with Crippen molar-refractivity contribution in [2.24, 2.45) is 0 Å². The highest BCUT2D eigenvalue weighted by molar-refractivity contribution is 7.21. The standard InChI is InChI=1S/C23H17Cl2N5OS/c1-13-9-14(16-10-21(25)27-12-20(16)31-2)7-8-30(13)23-29-19-6-5-18(28-22(19)32-23)17-4-3-15(24)11-26-17/h3-7,9-12H,8H2,1-2H3. The lowest BCUT2D eigenvalue weighted by atomic mass is 10.0. The predicted octanol–water partition coefficient (Wildman–Crippen LogP) is 6.27. The zero-order chi connectivity index (χ0) is 22.2. The van der Waals surface area contributed by atoms with Crippen LogP contribution >= 0.6 is 34.5 Å². The highest BCUT2D eigenvalue weighted by Gasteiger charge is 2.20. The molecular weight excluding hydrogens is 465 g/mol. The van der Waals surface area contributed by atoms with Gasteiger partial charge in [0.1, 0.15) is 21.2 Å². The Hall–Kier alpha value is -3.00. The molecule has 4 aromatic heterocycles. The molecule has 0 unspecified atom stereocenters. The summed E-state index contributed by atoms with van der Waals surface area (Å²) in [6.07, 6.45) is 7.49. The molecule has 5 rings (SSSR count). The molecule has 160 valence electrons. The molecule has 0 atom stereocenters. The van der Waals surface area contributed by atoms with Crippen LogP contribution in [0.3, 0.4) is 0 Å². The van der Waals surface area contributed by atoms with Crippen LogP contribution in [0.5, 0.6) is 5.75 Å². The van der Waals surface area contributed by atoms with E-state index in [1.54, 1.807) is 30.8 Å². The van der Waals surface area contributed by atoms with Crippen LogP contribution in [0.25, 0.3) is 27.3 Å². The minimum Gasteiger partial charge on any atom is -0.494 e. The fraction of sp³-hybridized carbons (Fsp3) is 0.130. The number of hydrogen-bond acceptors (Lipinski definition) is 7. The van der Waals surface area contributed by atoms with Gasteiger partial charge in [-0.15, -0.1) is 0 Å². The maximum Gasteiger partial charge on any atom is 0.192 e. The van der Waals surface area contributed by atoms with E-state index in [4.69, 9.17) is 37.9 Å². The highest BCUT2D eigenvalue weighted by Crippen LogP contribution is 2.36. The van der Waals surface area contributed by atoms with Gasteiger partial charge in [0.15, 0.2) is 5.13 Å². The summed E-state index contributed by atoms with van der Waals surface area (Å²) >= 11 is 13.6. The first-order valence-electron chi connectivity index (χ1n) is 9.77. The summed E-state index contributed by atoms with van der Waals surface area (Å²) in [5, 5.41) is 1.91. The molecule has 0 aliphatic carbocycles. The van der Waals surface area contributed by atoms with Gasteiger partial charge in [-0.05, 0) is 48.9 Å². The molecule has 0 spiro atoms. The van der Waals surface area contributed by atoms with Crippen molar-refractivity contribution in [2.75, 3.05) is 18.6 Å². The van der Waals surface area contributed by atoms with Crippen molar-refractivity contribution < 1.29 is 4.74 Å². The molecule has 0 fully saturated rings. The van der Waals surface area contributed by atoms with Crippen LogP contribution in [-0.4, -0.2) is 33.6 Å². The average Bonchev–Trinajstić information content (AvgIpc) is 3.22. The first kappa shape index (κ1) is 20.9. The van der Waals surface area contributed by atoms with Crippen LogP contribution in [-0.2, 0) is 0 Å². The van der Waals surface area contributed by atoms with Crippen molar-refractivity contribution in [3.8, 4) is 17.1 Å². The molecular formula is C23H17Cl2N5OS. The number of thiazole rings is 1. The quantitative estimate of drug-likeness (QED) is 0.320. The number of hydrogen-bond donors (Lipinski definition) is 0. The minimum absolute atomic E-state index is 0.429. The van der Waals surface area contributed by atoms with Crippen LogP contribution in [0.2, 0.25) is 10.2 Å². The van der Waals surface area contributed by atoms with Crippen molar-refractivity contribution in [3.05, 3.63) is 76.3 Å². The molecule has 0 aromatic carbocycles. The number of nitrogens with zero attached hydrogens (tertiary/aromatic N) is 5. The summed E-state index contributed by atoms with van der Waals surface area (Å²) in [6, 6.07) is 9.40. The van der Waals surface area contributed by atoms with Gasteiger partial charge in [-0.25, -0.2) is 15.0 Å². The summed E-state index contributed by atoms with van der Waals surface area (Å²) in [4.78, 5) is 21.0. The molecule has 6 nitrogen and oxygen atoms in total. The van der Waals surface area contributed by atoms with Gasteiger partial charge in [0.05, 0.1) is 29.7 Å². The van der Waals surface area contributed by atoms with E-state index in [0.29, 0.717) is 22.5 Å². The molecule has 0 radical (unpaired) electrons. The predicted molar refractivity (Wildman–Crippen MR) is 131 cm³/mol. The van der Waals surface area contributed by atoms with Crippen LogP contribution in [0.15, 0.2) is 60.6 Å². The SMILES string of the molecule is COc1cnc(Cl)cc1C1=CCN(c2nc3ccc(-c4ccc(Cl)cn4)nc3s2)C(C)=C1. The Balaban J connectivity index is 1.45. The van der Waals surface area contributed by atoms with Crippen molar-refractivity contribution in [2.45, 2.75) is 6.92 Å². The Kier molecular flexibility index (Phi) is 5.55. The molecule has 5 heterocycles. The number of aromatic nitrogens is 4. The fourth-order valence-electron chi connectivity index (χ4n) is 3.51. The molecule has 1 aliphatic rings. The lowest BCUT2D eigenvalue weighted by molar-refractivity contribution is 0.411. The molecule has 0 bridgehead atoms. The van der Waals surface area contributed by atoms with E-state index in [1.807, 2.05) is 30.3 Å². The van der Waals surface area contributed by atoms with E-state index in [-0.39, 0.29) is 0 Å². The van der Waals surface area contributed by atoms with Crippen molar-refractivity contribution in [1.82, 2.24) is 19.9 Å². The maximum absolute atomic E-state index is 6.11. The summed E-state index contributed by atoms with van der Waals surface area (Å²) < 4.78 is 5.46.